The van der Waals surface area contributed by atoms with Crippen molar-refractivity contribution in [1.29, 1.82) is 0 Å². The summed E-state index contributed by atoms with van der Waals surface area (Å²) in [6.45, 7) is 0. The van der Waals surface area contributed by atoms with Crippen LogP contribution in [0, 0.1) is 0 Å². The van der Waals surface area contributed by atoms with E-state index in [4.69, 9.17) is 70.1 Å². The number of hydrogen-bond donors (Lipinski definition) is 3. The molecule has 0 radical (unpaired) electrons. The molecule has 0 saturated carbocycles. The molecule has 0 aromatic heterocycles. The van der Waals surface area contributed by atoms with Crippen molar-refractivity contribution in [3.05, 3.63) is 0 Å². The van der Waals surface area contributed by atoms with E-state index >= 15 is 0 Å². The minimum Gasteiger partial charge on any atom is -0.759 e. The fraction of sp³-hybridized carbons (Fsp3) is 0. The number of hydrogen-bond acceptors (Lipinski definition) is 13. The molecule has 0 atom stereocenters. The third kappa shape index (κ3) is 512. The first kappa shape index (κ1) is 52.4. The summed E-state index contributed by atoms with van der Waals surface area (Å²) in [5.41, 5.74) is 0. The van der Waals surface area contributed by atoms with Crippen molar-refractivity contribution in [2.24, 2.45) is 0 Å². The average Bonchev–Trinajstić information content (AvgIpc) is 1.62. The summed E-state index contributed by atoms with van der Waals surface area (Å²) in [4.78, 5) is 0. The first-order valence-corrected chi connectivity index (χ1v) is 8.14. The van der Waals surface area contributed by atoms with E-state index < -0.39 is 41.6 Å². The van der Waals surface area contributed by atoms with Gasteiger partial charge in [0, 0.05) is 20.8 Å². The molecule has 0 bridgehead atoms. The summed E-state index contributed by atoms with van der Waals surface area (Å²) in [6.07, 6.45) is 0. The molecule has 128 valence electrons. The summed E-state index contributed by atoms with van der Waals surface area (Å²) < 4.78 is 133. The second-order valence-electron chi connectivity index (χ2n) is 1.69. The predicted octanol–water partition coefficient (Wildman–Crippen LogP) is -13.7. The molecule has 0 rings (SSSR count). The van der Waals surface area contributed by atoms with Gasteiger partial charge >= 0.3 is 237 Å². The topological polar surface area (TPSA) is 313 Å². The van der Waals surface area contributed by atoms with Crippen LogP contribution in [0.1, 0.15) is 0 Å². The summed E-state index contributed by atoms with van der Waals surface area (Å²) >= 11 is 0. The monoisotopic (exact) mass is 732 g/mol. The molecule has 0 unspecified atom stereocenters. The van der Waals surface area contributed by atoms with Crippen LogP contribution in [0.2, 0.25) is 0 Å². The molecule has 24 heteroatoms. The van der Waals surface area contributed by atoms with Crippen LogP contribution < -0.4 is 189 Å². The van der Waals surface area contributed by atoms with E-state index in [9.17, 15) is 0 Å². The van der Waals surface area contributed by atoms with Gasteiger partial charge in [0.1, 0.15) is 0 Å². The van der Waals surface area contributed by atoms with E-state index in [0.717, 1.165) is 0 Å². The minimum absolute atomic E-state index is 0. The maximum Gasteiger partial charge on any atom is 2.00 e. The molecule has 16 nitrogen and oxygen atoms in total. The Balaban J connectivity index is -0.0000000225. The van der Waals surface area contributed by atoms with E-state index in [-0.39, 0.29) is 227 Å². The molecule has 0 saturated heterocycles. The van der Waals surface area contributed by atoms with Gasteiger partial charge in [-0.15, -0.1) is 0 Å². The Kier molecular flexibility index (Phi) is 56.2. The van der Waals surface area contributed by atoms with Gasteiger partial charge in [0.2, 0.25) is 10.4 Å². The summed E-state index contributed by atoms with van der Waals surface area (Å²) in [5.74, 6) is 0. The third-order valence-electron chi connectivity index (χ3n) is 0. The smallest absolute Gasteiger partial charge is 0.759 e. The van der Waals surface area contributed by atoms with Gasteiger partial charge in [-0.3, -0.25) is 30.5 Å². The zero-order valence-electron chi connectivity index (χ0n) is 12.0. The first-order chi connectivity index (χ1) is 8.00. The quantitative estimate of drug-likeness (QED) is 0.118. The molecule has 0 aliphatic rings. The molecule has 24 heavy (non-hydrogen) atoms. The van der Waals surface area contributed by atoms with E-state index in [1.165, 1.54) is 0 Å². The van der Waals surface area contributed by atoms with Crippen LogP contribution in [0.25, 0.3) is 0 Å². The zero-order valence-corrected chi connectivity index (χ0v) is 33.1. The van der Waals surface area contributed by atoms with Crippen LogP contribution in [-0.2, 0) is 41.6 Å². The standard InChI is InChI=1S/Ca.2Cs.K.4H2O4S/c;;;;4*1-5(2,3)4/h;;;;4*(H2,1,2,3,4)/q+2;3*+1;;;;/p-5. The van der Waals surface area contributed by atoms with E-state index in [2.05, 4.69) is 0 Å². The van der Waals surface area contributed by atoms with Crippen LogP contribution in [0.4, 0.5) is 0 Å². The van der Waals surface area contributed by atoms with Crippen molar-refractivity contribution in [3.63, 3.8) is 0 Å². The second-order valence-corrected chi connectivity index (χ2v) is 5.08. The van der Waals surface area contributed by atoms with Crippen LogP contribution in [-0.4, -0.2) is 108 Å². The Hall–Kier alpha value is 6.48. The Morgan fingerprint density at radius 2 is 0.542 bits per heavy atom. The second kappa shape index (κ2) is 25.7. The maximum atomic E-state index is 8.74. The van der Waals surface area contributed by atoms with E-state index in [0.29, 0.717) is 0 Å². The van der Waals surface area contributed by atoms with E-state index in [1.54, 1.807) is 0 Å². The molecule has 0 aliphatic carbocycles. The Bertz CT molecular complexity index is 489. The molecule has 0 spiro atoms. The molecule has 0 heterocycles. The van der Waals surface area contributed by atoms with Gasteiger partial charge in [-0.1, -0.05) is 0 Å². The van der Waals surface area contributed by atoms with Gasteiger partial charge in [-0.05, 0) is 0 Å². The Labute approximate surface area is 328 Å². The van der Waals surface area contributed by atoms with Crippen LogP contribution in [0.15, 0.2) is 0 Å². The van der Waals surface area contributed by atoms with Crippen LogP contribution >= 0.6 is 0 Å². The fourth-order valence-corrected chi connectivity index (χ4v) is 0. The van der Waals surface area contributed by atoms with Gasteiger partial charge < -0.3 is 22.8 Å². The van der Waals surface area contributed by atoms with Crippen molar-refractivity contribution >= 4 is 79.3 Å². The molecule has 0 aromatic carbocycles. The Morgan fingerprint density at radius 1 is 0.542 bits per heavy atom. The number of rotatable bonds is 0. The van der Waals surface area contributed by atoms with Crippen LogP contribution in [0.5, 0.6) is 0 Å². The molecular formula is H3CaCs2KO16S4. The summed E-state index contributed by atoms with van der Waals surface area (Å²) in [7, 11) is -19.9. The van der Waals surface area contributed by atoms with Crippen molar-refractivity contribution in [2.75, 3.05) is 0 Å². The normalized spacial score (nSPS) is 9.67. The van der Waals surface area contributed by atoms with E-state index in [1.807, 2.05) is 0 Å². The first-order valence-electron chi connectivity index (χ1n) is 2.71. The van der Waals surface area contributed by atoms with Gasteiger partial charge in [0.15, 0.2) is 0 Å². The predicted molar refractivity (Wildman–Crippen MR) is 53.2 cm³/mol. The van der Waals surface area contributed by atoms with Gasteiger partial charge in [0.25, 0.3) is 0 Å². The molecule has 0 amide bonds. The van der Waals surface area contributed by atoms with Crippen molar-refractivity contribution < 1.29 is 259 Å². The van der Waals surface area contributed by atoms with Gasteiger partial charge in [0.05, 0.1) is 0 Å². The molecule has 3 N–H and O–H groups in total. The molecular weight excluding hydrogens is 729 g/mol. The van der Waals surface area contributed by atoms with Gasteiger partial charge in [-0.2, -0.15) is 8.42 Å². The van der Waals surface area contributed by atoms with Crippen molar-refractivity contribution in [3.8, 4) is 0 Å². The molecule has 0 aliphatic heterocycles. The zero-order chi connectivity index (χ0) is 18.0. The average molecular weight is 732 g/mol. The van der Waals surface area contributed by atoms with Crippen molar-refractivity contribution in [1.82, 2.24) is 0 Å². The molecule has 0 fully saturated rings. The molecule has 0 aromatic rings. The summed E-state index contributed by atoms with van der Waals surface area (Å²) in [5, 5.41) is 0. The van der Waals surface area contributed by atoms with Crippen molar-refractivity contribution in [2.45, 2.75) is 0 Å². The largest absolute Gasteiger partial charge is 2.00 e. The Morgan fingerprint density at radius 3 is 0.542 bits per heavy atom. The SMILES string of the molecule is O=S(=O)(O)O.O=S(=O)([O-])O.O=S(=O)([O-])[O-].O=S(=O)([O-])[O-].[Ca+2].[Cs+].[Cs+].[K+]. The van der Waals surface area contributed by atoms with Crippen LogP contribution in [0.3, 0.4) is 0 Å². The van der Waals surface area contributed by atoms with Gasteiger partial charge in [-0.25, -0.2) is 8.42 Å². The summed E-state index contributed by atoms with van der Waals surface area (Å²) in [6, 6.07) is 0. The maximum absolute atomic E-state index is 8.74. The fourth-order valence-electron chi connectivity index (χ4n) is 0. The third-order valence-corrected chi connectivity index (χ3v) is 0. The minimum atomic E-state index is -5.17.